The SMILES string of the molecule is C[C@H]1CCc2c(sc(NC(=O)c3ccc(N4C(=O)c5ccccc5C4=O)cc3)c2C(N)=O)C1. The highest BCUT2D eigenvalue weighted by molar-refractivity contribution is 7.17. The Labute approximate surface area is 194 Å². The quantitative estimate of drug-likeness (QED) is 0.574. The Balaban J connectivity index is 1.38. The lowest BCUT2D eigenvalue weighted by atomic mass is 9.88. The number of nitrogens with zero attached hydrogens (tertiary/aromatic N) is 1. The Morgan fingerprint density at radius 1 is 1.03 bits per heavy atom. The van der Waals surface area contributed by atoms with Gasteiger partial charge in [0.25, 0.3) is 23.6 Å². The number of hydrogen-bond acceptors (Lipinski definition) is 5. The van der Waals surface area contributed by atoms with E-state index < -0.39 is 23.6 Å². The molecule has 0 unspecified atom stereocenters. The maximum atomic E-state index is 12.9. The zero-order valence-corrected chi connectivity index (χ0v) is 18.7. The van der Waals surface area contributed by atoms with Gasteiger partial charge >= 0.3 is 0 Å². The first-order chi connectivity index (χ1) is 15.8. The molecule has 3 aromatic rings. The lowest BCUT2D eigenvalue weighted by molar-refractivity contribution is 0.0923. The first kappa shape index (κ1) is 21.1. The van der Waals surface area contributed by atoms with Crippen molar-refractivity contribution in [2.75, 3.05) is 10.2 Å². The first-order valence-corrected chi connectivity index (χ1v) is 11.5. The number of primary amides is 1. The number of imide groups is 1. The molecule has 2 heterocycles. The van der Waals surface area contributed by atoms with Crippen LogP contribution in [0.4, 0.5) is 10.7 Å². The van der Waals surface area contributed by atoms with E-state index in [0.29, 0.717) is 38.9 Å². The zero-order valence-electron chi connectivity index (χ0n) is 17.9. The van der Waals surface area contributed by atoms with Crippen molar-refractivity contribution in [2.45, 2.75) is 26.2 Å². The fourth-order valence-corrected chi connectivity index (χ4v) is 5.87. The second-order valence-electron chi connectivity index (χ2n) is 8.41. The molecule has 1 atom stereocenters. The van der Waals surface area contributed by atoms with E-state index in [1.54, 1.807) is 48.5 Å². The van der Waals surface area contributed by atoms with Gasteiger partial charge in [-0.2, -0.15) is 0 Å². The number of benzene rings is 2. The molecule has 8 heteroatoms. The van der Waals surface area contributed by atoms with E-state index in [4.69, 9.17) is 5.73 Å². The van der Waals surface area contributed by atoms with Crippen molar-refractivity contribution in [1.82, 2.24) is 0 Å². The highest BCUT2D eigenvalue weighted by atomic mass is 32.1. The van der Waals surface area contributed by atoms with Crippen LogP contribution in [0.25, 0.3) is 0 Å². The van der Waals surface area contributed by atoms with Gasteiger partial charge in [0.15, 0.2) is 0 Å². The Hall–Kier alpha value is -3.78. The number of carbonyl (C=O) groups is 4. The maximum Gasteiger partial charge on any atom is 0.266 e. The third-order valence-corrected chi connectivity index (χ3v) is 7.34. The van der Waals surface area contributed by atoms with E-state index in [-0.39, 0.29) is 0 Å². The minimum atomic E-state index is -0.543. The number of hydrogen-bond donors (Lipinski definition) is 2. The number of fused-ring (bicyclic) bond motifs is 2. The predicted octanol–water partition coefficient (Wildman–Crippen LogP) is 4.02. The van der Waals surface area contributed by atoms with Gasteiger partial charge in [0.1, 0.15) is 5.00 Å². The molecule has 5 rings (SSSR count). The highest BCUT2D eigenvalue weighted by Gasteiger charge is 2.36. The molecule has 0 spiro atoms. The van der Waals surface area contributed by atoms with Crippen LogP contribution in [0.15, 0.2) is 48.5 Å². The summed E-state index contributed by atoms with van der Waals surface area (Å²) in [5.41, 5.74) is 8.42. The monoisotopic (exact) mass is 459 g/mol. The van der Waals surface area contributed by atoms with Gasteiger partial charge in [0, 0.05) is 10.4 Å². The molecule has 0 radical (unpaired) electrons. The average Bonchev–Trinajstić information content (AvgIpc) is 3.28. The summed E-state index contributed by atoms with van der Waals surface area (Å²) in [4.78, 5) is 52.6. The van der Waals surface area contributed by atoms with Crippen LogP contribution in [-0.2, 0) is 12.8 Å². The number of anilines is 2. The minimum Gasteiger partial charge on any atom is -0.365 e. The third kappa shape index (κ3) is 3.52. The molecular weight excluding hydrogens is 438 g/mol. The van der Waals surface area contributed by atoms with E-state index in [0.717, 1.165) is 34.6 Å². The van der Waals surface area contributed by atoms with E-state index in [9.17, 15) is 19.2 Å². The molecule has 2 aromatic carbocycles. The molecule has 0 bridgehead atoms. The van der Waals surface area contributed by atoms with Crippen LogP contribution in [0.2, 0.25) is 0 Å². The second kappa shape index (κ2) is 7.97. The summed E-state index contributed by atoms with van der Waals surface area (Å²) < 4.78 is 0. The normalized spacial score (nSPS) is 17.0. The molecule has 4 amide bonds. The van der Waals surface area contributed by atoms with Crippen molar-refractivity contribution in [2.24, 2.45) is 11.7 Å². The largest absolute Gasteiger partial charge is 0.365 e. The van der Waals surface area contributed by atoms with Crippen molar-refractivity contribution < 1.29 is 19.2 Å². The number of nitrogens with one attached hydrogen (secondary N) is 1. The summed E-state index contributed by atoms with van der Waals surface area (Å²) in [7, 11) is 0. The van der Waals surface area contributed by atoms with Gasteiger partial charge in [-0.15, -0.1) is 11.3 Å². The van der Waals surface area contributed by atoms with Crippen LogP contribution in [0.3, 0.4) is 0 Å². The summed E-state index contributed by atoms with van der Waals surface area (Å²) in [5, 5.41) is 3.30. The summed E-state index contributed by atoms with van der Waals surface area (Å²) in [6.07, 6.45) is 2.62. The Kier molecular flexibility index (Phi) is 5.09. The highest BCUT2D eigenvalue weighted by Crippen LogP contribution is 2.39. The van der Waals surface area contributed by atoms with Gasteiger partial charge in [-0.25, -0.2) is 4.90 Å². The van der Waals surface area contributed by atoms with Gasteiger partial charge < -0.3 is 11.1 Å². The van der Waals surface area contributed by atoms with Crippen molar-refractivity contribution in [3.63, 3.8) is 0 Å². The van der Waals surface area contributed by atoms with Crippen molar-refractivity contribution in [1.29, 1.82) is 0 Å². The second-order valence-corrected chi connectivity index (χ2v) is 9.52. The molecule has 1 aliphatic carbocycles. The van der Waals surface area contributed by atoms with E-state index >= 15 is 0 Å². The lowest BCUT2D eigenvalue weighted by Gasteiger charge is -2.18. The van der Waals surface area contributed by atoms with Gasteiger partial charge in [-0.3, -0.25) is 19.2 Å². The fourth-order valence-electron chi connectivity index (χ4n) is 4.46. The maximum absolute atomic E-state index is 12.9. The molecule has 1 aliphatic heterocycles. The zero-order chi connectivity index (χ0) is 23.3. The Bertz CT molecular complexity index is 1290. The van der Waals surface area contributed by atoms with Crippen LogP contribution in [-0.4, -0.2) is 23.6 Å². The molecule has 166 valence electrons. The molecular formula is C25H21N3O4S. The molecule has 0 saturated carbocycles. The van der Waals surface area contributed by atoms with Gasteiger partial charge in [0.2, 0.25) is 0 Å². The number of amides is 4. The first-order valence-electron chi connectivity index (χ1n) is 10.7. The molecule has 3 N–H and O–H groups in total. The molecule has 7 nitrogen and oxygen atoms in total. The smallest absolute Gasteiger partial charge is 0.266 e. The number of thiophene rings is 1. The summed E-state index contributed by atoms with van der Waals surface area (Å²) >= 11 is 1.40. The number of nitrogens with two attached hydrogens (primary N) is 1. The molecule has 0 saturated heterocycles. The number of carbonyl (C=O) groups excluding carboxylic acids is 4. The van der Waals surface area contributed by atoms with E-state index in [1.165, 1.54) is 11.3 Å². The van der Waals surface area contributed by atoms with Crippen LogP contribution in [0.5, 0.6) is 0 Å². The van der Waals surface area contributed by atoms with Crippen LogP contribution in [0.1, 0.15) is 65.2 Å². The summed E-state index contributed by atoms with van der Waals surface area (Å²) in [6, 6.07) is 12.9. The summed E-state index contributed by atoms with van der Waals surface area (Å²) in [6.45, 7) is 2.17. The van der Waals surface area contributed by atoms with Crippen molar-refractivity contribution in [3.05, 3.63) is 81.2 Å². The van der Waals surface area contributed by atoms with Crippen LogP contribution >= 0.6 is 11.3 Å². The average molecular weight is 460 g/mol. The van der Waals surface area contributed by atoms with Gasteiger partial charge in [0.05, 0.1) is 22.4 Å². The third-order valence-electron chi connectivity index (χ3n) is 6.17. The minimum absolute atomic E-state index is 0.338. The van der Waals surface area contributed by atoms with E-state index in [1.807, 2.05) is 0 Å². The fraction of sp³-hybridized carbons (Fsp3) is 0.200. The van der Waals surface area contributed by atoms with Crippen LogP contribution < -0.4 is 16.0 Å². The molecule has 33 heavy (non-hydrogen) atoms. The van der Waals surface area contributed by atoms with Crippen molar-refractivity contribution >= 4 is 45.7 Å². The topological polar surface area (TPSA) is 110 Å². The summed E-state index contributed by atoms with van der Waals surface area (Å²) in [5.74, 6) is -1.19. The van der Waals surface area contributed by atoms with Gasteiger partial charge in [-0.1, -0.05) is 19.1 Å². The van der Waals surface area contributed by atoms with E-state index in [2.05, 4.69) is 12.2 Å². The lowest BCUT2D eigenvalue weighted by Crippen LogP contribution is -2.29. The standard InChI is InChI=1S/C25H21N3O4S/c1-13-6-11-18-19(12-13)33-23(20(18)21(26)29)27-22(30)14-7-9-15(10-8-14)28-24(31)16-4-2-3-5-17(16)25(28)32/h2-5,7-10,13H,6,11-12H2,1H3,(H2,26,29)(H,27,30)/t13-/m0/s1. The molecule has 0 fully saturated rings. The number of rotatable bonds is 4. The van der Waals surface area contributed by atoms with Crippen LogP contribution in [0, 0.1) is 5.92 Å². The van der Waals surface area contributed by atoms with Gasteiger partial charge in [-0.05, 0) is 67.1 Å². The molecule has 1 aromatic heterocycles. The van der Waals surface area contributed by atoms with Crippen molar-refractivity contribution in [3.8, 4) is 0 Å². The molecule has 2 aliphatic rings. The Morgan fingerprint density at radius 2 is 1.67 bits per heavy atom. The Morgan fingerprint density at radius 3 is 2.27 bits per heavy atom. The predicted molar refractivity (Wildman–Crippen MR) is 126 cm³/mol.